The van der Waals surface area contributed by atoms with E-state index in [2.05, 4.69) is 26.8 Å². The van der Waals surface area contributed by atoms with Crippen LogP contribution in [0, 0.1) is 46.3 Å². The fraction of sp³-hybridized carbons (Fsp3) is 0.956. The van der Waals surface area contributed by atoms with Crippen molar-refractivity contribution in [2.24, 2.45) is 46.3 Å². The van der Waals surface area contributed by atoms with Gasteiger partial charge in [-0.2, -0.15) is 0 Å². The van der Waals surface area contributed by atoms with Crippen molar-refractivity contribution in [2.75, 3.05) is 19.8 Å². The van der Waals surface area contributed by atoms with Crippen molar-refractivity contribution in [2.45, 2.75) is 203 Å². The first-order valence-electron chi connectivity index (χ1n) is 23.4. The van der Waals surface area contributed by atoms with Crippen LogP contribution in [-0.2, 0) is 33.2 Å². The third kappa shape index (κ3) is 8.51. The van der Waals surface area contributed by atoms with Crippen LogP contribution in [0.5, 0.6) is 0 Å². The SMILES string of the molecule is CC1O[C@@H](OC2[C@H](OC3CC[C@@]4(C)C(=CC[C@H]5[C@@H]6CC7OC(O)(CC[C@@H](C)CO[C@@H]8OC(CO)[C@@H](O)[C@H](O)C8O)[C@@H](C)[C@@H]7[C@@]6(C)CC[C@@H]54)C3)OC(CO)[C@@H](O)[C@@H]2O)C(O)[C@@H](O)[C@H]1O. The Hall–Kier alpha value is -0.980. The van der Waals surface area contributed by atoms with Crippen LogP contribution in [0.25, 0.3) is 0 Å². The molecule has 4 aliphatic carbocycles. The summed E-state index contributed by atoms with van der Waals surface area (Å²) in [7, 11) is 0. The number of hydrogen-bond donors (Lipinski definition) is 11. The number of hydrogen-bond acceptors (Lipinski definition) is 18. The highest BCUT2D eigenvalue weighted by Gasteiger charge is 2.68. The summed E-state index contributed by atoms with van der Waals surface area (Å²) in [5.74, 6) is 0.0506. The third-order valence-electron chi connectivity index (χ3n) is 17.4. The predicted octanol–water partition coefficient (Wildman–Crippen LogP) is -0.831. The minimum atomic E-state index is -1.65. The summed E-state index contributed by atoms with van der Waals surface area (Å²) in [5, 5.41) is 115. The zero-order chi connectivity index (χ0) is 45.5. The van der Waals surface area contributed by atoms with E-state index >= 15 is 0 Å². The van der Waals surface area contributed by atoms with Crippen LogP contribution in [-0.4, -0.2) is 186 Å². The number of aliphatic hydroxyl groups is 11. The summed E-state index contributed by atoms with van der Waals surface area (Å²) in [6.45, 7) is 9.43. The van der Waals surface area contributed by atoms with E-state index in [4.69, 9.17) is 33.2 Å². The Morgan fingerprint density at radius 1 is 0.746 bits per heavy atom. The molecule has 0 aromatic carbocycles. The van der Waals surface area contributed by atoms with Crippen LogP contribution in [0.1, 0.15) is 92.4 Å². The van der Waals surface area contributed by atoms with Gasteiger partial charge in [0.2, 0.25) is 0 Å². The highest BCUT2D eigenvalue weighted by molar-refractivity contribution is 5.26. The lowest BCUT2D eigenvalue weighted by molar-refractivity contribution is -0.369. The van der Waals surface area contributed by atoms with Crippen LogP contribution >= 0.6 is 0 Å². The fourth-order valence-electron chi connectivity index (χ4n) is 13.5. The second-order valence-corrected chi connectivity index (χ2v) is 21.0. The predicted molar refractivity (Wildman–Crippen MR) is 218 cm³/mol. The van der Waals surface area contributed by atoms with Crippen molar-refractivity contribution < 1.29 is 89.3 Å². The molecule has 3 saturated carbocycles. The van der Waals surface area contributed by atoms with Crippen LogP contribution in [0.4, 0.5) is 0 Å². The van der Waals surface area contributed by atoms with E-state index < -0.39 is 111 Å². The Bertz CT molecular complexity index is 1600. The topological polar surface area (TPSA) is 287 Å². The Labute approximate surface area is 369 Å². The minimum Gasteiger partial charge on any atom is -0.394 e. The molecule has 26 atom stereocenters. The molecule has 362 valence electrons. The van der Waals surface area contributed by atoms with Gasteiger partial charge in [-0.05, 0) is 98.7 Å². The van der Waals surface area contributed by atoms with Crippen molar-refractivity contribution in [3.05, 3.63) is 11.6 Å². The second-order valence-electron chi connectivity index (χ2n) is 21.0. The first kappa shape index (κ1) is 48.5. The van der Waals surface area contributed by atoms with Gasteiger partial charge in [-0.15, -0.1) is 0 Å². The Kier molecular flexibility index (Phi) is 14.2. The summed E-state index contributed by atoms with van der Waals surface area (Å²) in [5.41, 5.74) is 1.23. The van der Waals surface area contributed by atoms with Crippen LogP contribution in [0.3, 0.4) is 0 Å². The first-order chi connectivity index (χ1) is 29.8. The van der Waals surface area contributed by atoms with Crippen molar-refractivity contribution in [1.29, 1.82) is 0 Å². The van der Waals surface area contributed by atoms with Crippen molar-refractivity contribution in [3.63, 3.8) is 0 Å². The molecule has 9 unspecified atom stereocenters. The van der Waals surface area contributed by atoms with Crippen LogP contribution in [0.15, 0.2) is 11.6 Å². The lowest BCUT2D eigenvalue weighted by Gasteiger charge is -2.58. The minimum absolute atomic E-state index is 0.0148. The van der Waals surface area contributed by atoms with Gasteiger partial charge < -0.3 is 89.3 Å². The summed E-state index contributed by atoms with van der Waals surface area (Å²) in [6, 6.07) is 0. The number of aliphatic hydroxyl groups excluding tert-OH is 10. The molecule has 63 heavy (non-hydrogen) atoms. The first-order valence-corrected chi connectivity index (χ1v) is 23.4. The van der Waals surface area contributed by atoms with Crippen molar-refractivity contribution >= 4 is 0 Å². The normalized spacial score (nSPS) is 55.0. The zero-order valence-electron chi connectivity index (χ0n) is 37.1. The lowest BCUT2D eigenvalue weighted by Crippen LogP contribution is -2.64. The van der Waals surface area contributed by atoms with E-state index in [0.29, 0.717) is 43.4 Å². The van der Waals surface area contributed by atoms with Crippen LogP contribution in [0.2, 0.25) is 0 Å². The molecule has 18 nitrogen and oxygen atoms in total. The molecule has 0 bridgehead atoms. The molecule has 0 aromatic heterocycles. The molecule has 0 amide bonds. The molecule has 4 saturated heterocycles. The van der Waals surface area contributed by atoms with Gasteiger partial charge in [-0.3, -0.25) is 0 Å². The molecule has 4 aliphatic heterocycles. The molecule has 8 aliphatic rings. The molecule has 11 N–H and O–H groups in total. The van der Waals surface area contributed by atoms with E-state index in [1.165, 1.54) is 12.5 Å². The highest BCUT2D eigenvalue weighted by atomic mass is 16.8. The van der Waals surface area contributed by atoms with Gasteiger partial charge in [0, 0.05) is 12.3 Å². The Morgan fingerprint density at radius 3 is 2.10 bits per heavy atom. The average molecular weight is 903 g/mol. The average Bonchev–Trinajstić information content (AvgIpc) is 3.70. The van der Waals surface area contributed by atoms with Gasteiger partial charge >= 0.3 is 0 Å². The Morgan fingerprint density at radius 2 is 1.40 bits per heavy atom. The van der Waals surface area contributed by atoms with E-state index in [1.54, 1.807) is 0 Å². The molecule has 8 rings (SSSR count). The number of ether oxygens (including phenoxy) is 7. The number of allylic oxidation sites excluding steroid dienone is 1. The monoisotopic (exact) mass is 902 g/mol. The summed E-state index contributed by atoms with van der Waals surface area (Å²) in [4.78, 5) is 0. The lowest BCUT2D eigenvalue weighted by atomic mass is 9.47. The van der Waals surface area contributed by atoms with E-state index in [-0.39, 0.29) is 47.4 Å². The fourth-order valence-corrected chi connectivity index (χ4v) is 13.5. The molecule has 0 spiro atoms. The van der Waals surface area contributed by atoms with Gasteiger partial charge in [-0.25, -0.2) is 0 Å². The molecule has 0 radical (unpaired) electrons. The molecular formula is C45H74O18. The standard InChI is InChI=1S/C45H74O18/c1-19(18-57-40-37(54)35(52)32(49)28(16-46)60-40)8-13-45(56)20(2)30-27(63-45)15-26-24-7-6-22-14-23(9-11-43(22,4)25(24)10-12-44(26,30)5)59-42-39(36(53)33(50)29(17-47)61-42)62-41-38(55)34(51)31(48)21(3)58-41/h6,19-21,23-42,46-56H,7-18H2,1-5H3/t19-,20+,21?,23?,24-,25+,26+,27?,28?,29?,30+,31+,32-,33-,34+,35+,36+,37?,38?,39?,40-,41+,42-,43+,44+,45?/m1/s1. The van der Waals surface area contributed by atoms with E-state index in [9.17, 15) is 56.2 Å². The van der Waals surface area contributed by atoms with Gasteiger partial charge in [0.1, 0.15) is 67.1 Å². The van der Waals surface area contributed by atoms with Gasteiger partial charge in [0.25, 0.3) is 0 Å². The maximum atomic E-state index is 12.0. The number of fused-ring (bicyclic) bond motifs is 7. The third-order valence-corrected chi connectivity index (χ3v) is 17.4. The zero-order valence-corrected chi connectivity index (χ0v) is 37.1. The maximum Gasteiger partial charge on any atom is 0.187 e. The van der Waals surface area contributed by atoms with Gasteiger partial charge in [-0.1, -0.05) is 39.3 Å². The molecular weight excluding hydrogens is 828 g/mol. The largest absolute Gasteiger partial charge is 0.394 e. The quantitative estimate of drug-likeness (QED) is 0.107. The second kappa shape index (κ2) is 18.5. The van der Waals surface area contributed by atoms with Gasteiger partial charge in [0.15, 0.2) is 24.7 Å². The highest BCUT2D eigenvalue weighted by Crippen LogP contribution is 2.70. The molecule has 4 heterocycles. The summed E-state index contributed by atoms with van der Waals surface area (Å²) in [6.07, 6.45) is -11.5. The molecule has 7 fully saturated rings. The maximum absolute atomic E-state index is 12.0. The number of rotatable bonds is 12. The Balaban J connectivity index is 0.885. The van der Waals surface area contributed by atoms with Gasteiger partial charge in [0.05, 0.1) is 38.1 Å². The van der Waals surface area contributed by atoms with E-state index in [1.807, 2.05) is 6.92 Å². The van der Waals surface area contributed by atoms with E-state index in [0.717, 1.165) is 32.1 Å². The van der Waals surface area contributed by atoms with Crippen molar-refractivity contribution in [1.82, 2.24) is 0 Å². The summed E-state index contributed by atoms with van der Waals surface area (Å²) >= 11 is 0. The van der Waals surface area contributed by atoms with Crippen molar-refractivity contribution in [3.8, 4) is 0 Å². The van der Waals surface area contributed by atoms with Crippen LogP contribution < -0.4 is 0 Å². The smallest absolute Gasteiger partial charge is 0.187 e. The molecule has 18 heteroatoms. The molecule has 0 aromatic rings. The summed E-state index contributed by atoms with van der Waals surface area (Å²) < 4.78 is 42.1.